The number of carbonyl (C=O) groups is 1. The smallest absolute Gasteiger partial charge is 0.277 e. The third kappa shape index (κ3) is 3.52. The van der Waals surface area contributed by atoms with Gasteiger partial charge < -0.3 is 14.7 Å². The molecule has 1 fully saturated rings. The minimum atomic E-state index is -0.243. The minimum Gasteiger partial charge on any atom is -0.490 e. The van der Waals surface area contributed by atoms with Crippen LogP contribution in [0.25, 0.3) is 0 Å². The molecule has 2 aliphatic heterocycles. The maximum absolute atomic E-state index is 11.7. The molecule has 1 amide bonds. The number of benzene rings is 1. The molecule has 0 unspecified atom stereocenters. The summed E-state index contributed by atoms with van der Waals surface area (Å²) in [5.74, 6) is 1.55. The third-order valence-corrected chi connectivity index (χ3v) is 5.24. The number of hydrogen-bond acceptors (Lipinski definition) is 6. The van der Waals surface area contributed by atoms with E-state index >= 15 is 0 Å². The van der Waals surface area contributed by atoms with E-state index in [-0.39, 0.29) is 18.6 Å². The fourth-order valence-corrected chi connectivity index (χ4v) is 3.56. The highest BCUT2D eigenvalue weighted by atomic mass is 35.5. The molecule has 1 aromatic heterocycles. The van der Waals surface area contributed by atoms with Crippen LogP contribution in [0.4, 0.5) is 5.82 Å². The van der Waals surface area contributed by atoms with E-state index in [0.717, 1.165) is 42.9 Å². The van der Waals surface area contributed by atoms with Crippen molar-refractivity contribution < 1.29 is 14.6 Å². The quantitative estimate of drug-likeness (QED) is 0.812. The van der Waals surface area contributed by atoms with Gasteiger partial charge in [-0.3, -0.25) is 4.79 Å². The van der Waals surface area contributed by atoms with E-state index in [4.69, 9.17) is 16.3 Å². The van der Waals surface area contributed by atoms with Crippen LogP contribution in [0.3, 0.4) is 0 Å². The topological polar surface area (TPSA) is 87.9 Å². The van der Waals surface area contributed by atoms with Crippen molar-refractivity contribution in [1.82, 2.24) is 9.97 Å². The van der Waals surface area contributed by atoms with Gasteiger partial charge in [0, 0.05) is 43.3 Å². The molecule has 1 aromatic carbocycles. The Labute approximate surface area is 161 Å². The predicted octanol–water partition coefficient (Wildman–Crippen LogP) is 2.55. The van der Waals surface area contributed by atoms with Crippen molar-refractivity contribution in [3.63, 3.8) is 0 Å². The van der Waals surface area contributed by atoms with Crippen molar-refractivity contribution in [2.24, 2.45) is 4.99 Å². The number of nitrogens with zero attached hydrogens (tertiary/aromatic N) is 4. The molecule has 140 valence electrons. The summed E-state index contributed by atoms with van der Waals surface area (Å²) in [5, 5.41) is 9.68. The van der Waals surface area contributed by atoms with Gasteiger partial charge in [-0.25, -0.2) is 15.0 Å². The molecule has 0 bridgehead atoms. The third-order valence-electron chi connectivity index (χ3n) is 4.87. The monoisotopic (exact) mass is 386 g/mol. The van der Waals surface area contributed by atoms with E-state index in [0.29, 0.717) is 22.3 Å². The number of aliphatic hydroxyl groups excluding tert-OH is 1. The summed E-state index contributed by atoms with van der Waals surface area (Å²) < 4.78 is 6.08. The Morgan fingerprint density at radius 3 is 2.81 bits per heavy atom. The number of aromatic nitrogens is 2. The van der Waals surface area contributed by atoms with Gasteiger partial charge in [0.2, 0.25) is 0 Å². The number of halogens is 1. The number of carbonyl (C=O) groups excluding carboxylic acids is 1. The van der Waals surface area contributed by atoms with E-state index in [1.54, 1.807) is 12.3 Å². The largest absolute Gasteiger partial charge is 0.490 e. The number of ether oxygens (including phenoxy) is 1. The van der Waals surface area contributed by atoms with Gasteiger partial charge in [0.15, 0.2) is 5.82 Å². The molecule has 8 heteroatoms. The second-order valence-electron chi connectivity index (χ2n) is 6.65. The molecule has 0 atom stereocenters. The lowest BCUT2D eigenvalue weighted by Crippen LogP contribution is -2.39. The van der Waals surface area contributed by atoms with Crippen molar-refractivity contribution in [2.75, 3.05) is 18.0 Å². The molecule has 27 heavy (non-hydrogen) atoms. The van der Waals surface area contributed by atoms with Crippen LogP contribution >= 0.6 is 11.6 Å². The van der Waals surface area contributed by atoms with E-state index in [2.05, 4.69) is 19.9 Å². The van der Waals surface area contributed by atoms with E-state index < -0.39 is 0 Å². The first-order valence-electron chi connectivity index (χ1n) is 8.83. The van der Waals surface area contributed by atoms with Crippen molar-refractivity contribution >= 4 is 29.5 Å². The molecule has 0 radical (unpaired) electrons. The van der Waals surface area contributed by atoms with E-state index in [1.165, 1.54) is 0 Å². The van der Waals surface area contributed by atoms with Crippen LogP contribution in [0.1, 0.15) is 40.2 Å². The summed E-state index contributed by atoms with van der Waals surface area (Å²) in [5.41, 5.74) is 2.23. The Bertz CT molecular complexity index is 923. The molecule has 2 aromatic rings. The minimum absolute atomic E-state index is 0.0617. The fourth-order valence-electron chi connectivity index (χ4n) is 3.38. The van der Waals surface area contributed by atoms with Crippen LogP contribution < -0.4 is 9.64 Å². The van der Waals surface area contributed by atoms with Gasteiger partial charge in [0.25, 0.3) is 5.91 Å². The van der Waals surface area contributed by atoms with Gasteiger partial charge in [-0.1, -0.05) is 11.6 Å². The molecule has 7 nitrogen and oxygen atoms in total. The number of hydrogen-bond donors (Lipinski definition) is 1. The number of fused-ring (bicyclic) bond motifs is 1. The van der Waals surface area contributed by atoms with Gasteiger partial charge in [0.1, 0.15) is 29.4 Å². The van der Waals surface area contributed by atoms with Crippen LogP contribution in [0, 0.1) is 6.92 Å². The standard InChI is InChI=1S/C19H19ClN4O3/c1-11-17(20)22-16(10-25)23-18(11)24-6-4-13(5-7-24)27-14-3-2-12-9-21-19(26)15(12)8-14/h2-3,8-9,13,25H,4-7,10H2,1H3. The molecular weight excluding hydrogens is 368 g/mol. The first kappa shape index (κ1) is 17.9. The van der Waals surface area contributed by atoms with Gasteiger partial charge >= 0.3 is 0 Å². The maximum atomic E-state index is 11.7. The average Bonchev–Trinajstić information content (AvgIpc) is 3.05. The Hall–Kier alpha value is -2.51. The van der Waals surface area contributed by atoms with Crippen molar-refractivity contribution in [1.29, 1.82) is 0 Å². The number of anilines is 1. The molecule has 0 aliphatic carbocycles. The van der Waals surface area contributed by atoms with Gasteiger partial charge in [-0.15, -0.1) is 0 Å². The molecule has 0 saturated carbocycles. The molecule has 0 spiro atoms. The fraction of sp³-hybridized carbons (Fsp3) is 0.368. The Kier molecular flexibility index (Phi) is 4.80. The van der Waals surface area contributed by atoms with Crippen LogP contribution in [-0.2, 0) is 6.61 Å². The van der Waals surface area contributed by atoms with E-state index in [1.807, 2.05) is 19.1 Å². The average molecular weight is 387 g/mol. The summed E-state index contributed by atoms with van der Waals surface area (Å²) in [6.45, 7) is 3.16. The highest BCUT2D eigenvalue weighted by molar-refractivity contribution is 6.30. The zero-order valence-corrected chi connectivity index (χ0v) is 15.6. The summed E-state index contributed by atoms with van der Waals surface area (Å²) in [7, 11) is 0. The molecule has 1 saturated heterocycles. The molecular formula is C19H19ClN4O3. The lowest BCUT2D eigenvalue weighted by Gasteiger charge is -2.34. The number of aliphatic imine (C=N–C) groups is 1. The summed E-state index contributed by atoms with van der Waals surface area (Å²) >= 11 is 6.16. The molecule has 4 rings (SSSR count). The number of amides is 1. The van der Waals surface area contributed by atoms with E-state index in [9.17, 15) is 9.90 Å². The zero-order valence-electron chi connectivity index (χ0n) is 14.9. The Morgan fingerprint density at radius 1 is 1.30 bits per heavy atom. The SMILES string of the molecule is Cc1c(Cl)nc(CO)nc1N1CCC(Oc2ccc3c(c2)C(=O)N=C3)CC1. The number of aliphatic hydroxyl groups is 1. The highest BCUT2D eigenvalue weighted by Crippen LogP contribution is 2.28. The van der Waals surface area contributed by atoms with Gasteiger partial charge in [-0.2, -0.15) is 0 Å². The Balaban J connectivity index is 1.42. The molecule has 2 aliphatic rings. The lowest BCUT2D eigenvalue weighted by atomic mass is 10.1. The van der Waals surface area contributed by atoms with Crippen LogP contribution in [0.5, 0.6) is 5.75 Å². The van der Waals surface area contributed by atoms with Crippen molar-refractivity contribution in [2.45, 2.75) is 32.5 Å². The number of rotatable bonds is 4. The first-order chi connectivity index (χ1) is 13.0. The second kappa shape index (κ2) is 7.25. The molecule has 1 N–H and O–H groups in total. The van der Waals surface area contributed by atoms with Crippen LogP contribution in [0.15, 0.2) is 23.2 Å². The number of piperidine rings is 1. The molecule has 3 heterocycles. The van der Waals surface area contributed by atoms with Crippen LogP contribution in [-0.4, -0.2) is 46.4 Å². The lowest BCUT2D eigenvalue weighted by molar-refractivity contribution is 0.101. The summed E-state index contributed by atoms with van der Waals surface area (Å²) in [6, 6.07) is 5.49. The van der Waals surface area contributed by atoms with Crippen molar-refractivity contribution in [3.8, 4) is 5.75 Å². The Morgan fingerprint density at radius 2 is 2.07 bits per heavy atom. The summed E-state index contributed by atoms with van der Waals surface area (Å²) in [6.07, 6.45) is 3.27. The second-order valence-corrected chi connectivity index (χ2v) is 7.01. The van der Waals surface area contributed by atoms with Gasteiger partial charge in [0.05, 0.1) is 5.56 Å². The zero-order chi connectivity index (χ0) is 19.0. The van der Waals surface area contributed by atoms with Crippen LogP contribution in [0.2, 0.25) is 5.15 Å². The van der Waals surface area contributed by atoms with Crippen molar-refractivity contribution in [3.05, 3.63) is 45.9 Å². The highest BCUT2D eigenvalue weighted by Gasteiger charge is 2.25. The maximum Gasteiger partial charge on any atom is 0.277 e. The van der Waals surface area contributed by atoms with Gasteiger partial charge in [-0.05, 0) is 25.1 Å². The summed E-state index contributed by atoms with van der Waals surface area (Å²) in [4.78, 5) is 26.1. The normalized spacial score (nSPS) is 16.7. The predicted molar refractivity (Wildman–Crippen MR) is 102 cm³/mol. The first-order valence-corrected chi connectivity index (χ1v) is 9.21.